The average molecular weight is 399 g/mol. The highest BCUT2D eigenvalue weighted by molar-refractivity contribution is 4.81. The summed E-state index contributed by atoms with van der Waals surface area (Å²) < 4.78 is 15.1. The Kier molecular flexibility index (Phi) is 18.2. The summed E-state index contributed by atoms with van der Waals surface area (Å²) in [5.41, 5.74) is 0. The van der Waals surface area contributed by atoms with Crippen molar-refractivity contribution in [2.24, 2.45) is 0 Å². The van der Waals surface area contributed by atoms with E-state index < -0.39 is 0 Å². The molecule has 2 atom stereocenters. The van der Waals surface area contributed by atoms with Gasteiger partial charge in [-0.05, 0) is 32.1 Å². The van der Waals surface area contributed by atoms with Gasteiger partial charge in [-0.3, -0.25) is 0 Å². The van der Waals surface area contributed by atoms with Crippen LogP contribution in [-0.4, -0.2) is 50.3 Å². The fourth-order valence-corrected chi connectivity index (χ4v) is 3.02. The van der Waals surface area contributed by atoms with E-state index >= 15 is 0 Å². The quantitative estimate of drug-likeness (QED) is 0.169. The molecule has 2 fully saturated rings. The van der Waals surface area contributed by atoms with Crippen molar-refractivity contribution in [2.45, 2.75) is 109 Å². The third kappa shape index (κ3) is 20.3. The molecule has 4 heteroatoms. The average Bonchev–Trinajstić information content (AvgIpc) is 3.61. The predicted molar refractivity (Wildman–Crippen MR) is 117 cm³/mol. The van der Waals surface area contributed by atoms with Gasteiger partial charge in [-0.25, -0.2) is 0 Å². The lowest BCUT2D eigenvalue weighted by Crippen LogP contribution is -2.06. The van der Waals surface area contributed by atoms with Crippen LogP contribution in [0, 0.1) is 0 Å². The van der Waals surface area contributed by atoms with Gasteiger partial charge in [-0.1, -0.05) is 76.9 Å². The maximum atomic E-state index is 8.66. The molecule has 166 valence electrons. The minimum Gasteiger partial charge on any atom is -0.396 e. The zero-order valence-corrected chi connectivity index (χ0v) is 18.4. The Balaban J connectivity index is 0.000000354. The summed E-state index contributed by atoms with van der Waals surface area (Å²) in [4.78, 5) is 0. The fraction of sp³-hybridized carbons (Fsp3) is 0.917. The van der Waals surface area contributed by atoms with E-state index in [0.717, 1.165) is 32.8 Å². The number of unbranched alkanes of at least 4 members (excludes halogenated alkanes) is 12. The first-order valence-electron chi connectivity index (χ1n) is 11.9. The Morgan fingerprint density at radius 1 is 0.714 bits per heavy atom. The van der Waals surface area contributed by atoms with Gasteiger partial charge in [-0.15, -0.1) is 0 Å². The van der Waals surface area contributed by atoms with E-state index in [-0.39, 0.29) is 0 Å². The molecule has 0 saturated carbocycles. The predicted octanol–water partition coefficient (Wildman–Crippen LogP) is 5.82. The van der Waals surface area contributed by atoms with Crippen LogP contribution in [0.3, 0.4) is 0 Å². The van der Waals surface area contributed by atoms with Crippen molar-refractivity contribution in [3.8, 4) is 0 Å². The molecule has 0 spiro atoms. The summed E-state index contributed by atoms with van der Waals surface area (Å²) in [6.07, 6.45) is 24.0. The molecule has 4 nitrogen and oxygen atoms in total. The van der Waals surface area contributed by atoms with Crippen LogP contribution in [0.2, 0.25) is 0 Å². The first kappa shape index (κ1) is 25.6. The third-order valence-electron chi connectivity index (χ3n) is 5.08. The van der Waals surface area contributed by atoms with Crippen molar-refractivity contribution in [1.29, 1.82) is 0 Å². The van der Waals surface area contributed by atoms with Crippen molar-refractivity contribution in [3.63, 3.8) is 0 Å². The molecule has 2 saturated heterocycles. The second-order valence-corrected chi connectivity index (χ2v) is 8.11. The van der Waals surface area contributed by atoms with Gasteiger partial charge in [0.05, 0.1) is 26.4 Å². The number of aliphatic hydroxyl groups excluding tert-OH is 1. The number of ether oxygens (including phenoxy) is 3. The molecular formula is C24H46O4. The van der Waals surface area contributed by atoms with Gasteiger partial charge in [-0.2, -0.15) is 0 Å². The van der Waals surface area contributed by atoms with Crippen LogP contribution in [-0.2, 0) is 14.2 Å². The first-order valence-corrected chi connectivity index (χ1v) is 11.9. The lowest BCUT2D eigenvalue weighted by molar-refractivity contribution is 0.102. The molecule has 0 radical (unpaired) electrons. The zero-order chi connectivity index (χ0) is 20.1. The van der Waals surface area contributed by atoms with E-state index in [1.54, 1.807) is 0 Å². The van der Waals surface area contributed by atoms with Gasteiger partial charge in [0, 0.05) is 6.61 Å². The topological polar surface area (TPSA) is 54.5 Å². The molecule has 2 heterocycles. The standard InChI is InChI=1S/C18H36O.C6H10O3/c1-2-3-4-5-6-7-8-9-10-11-12-13-14-15-16-17-18-19;1(5-3-8-5)7-2-6-4-9-6/h9-10,19H,2-8,11-18H2,1H3;5-6H,1-4H2/b10-9-;. The number of hydrogen-bond acceptors (Lipinski definition) is 4. The van der Waals surface area contributed by atoms with Crippen LogP contribution in [0.4, 0.5) is 0 Å². The van der Waals surface area contributed by atoms with E-state index in [1.807, 2.05) is 0 Å². The highest BCUT2D eigenvalue weighted by Crippen LogP contribution is 2.12. The van der Waals surface area contributed by atoms with Gasteiger partial charge in [0.1, 0.15) is 12.2 Å². The maximum Gasteiger partial charge on any atom is 0.104 e. The lowest BCUT2D eigenvalue weighted by atomic mass is 10.1. The minimum absolute atomic E-state index is 0.362. The Hall–Kier alpha value is -0.420. The number of rotatable bonds is 19. The van der Waals surface area contributed by atoms with E-state index in [2.05, 4.69) is 19.1 Å². The van der Waals surface area contributed by atoms with Crippen LogP contribution in [0.5, 0.6) is 0 Å². The van der Waals surface area contributed by atoms with Gasteiger partial charge < -0.3 is 19.3 Å². The van der Waals surface area contributed by atoms with Crippen molar-refractivity contribution < 1.29 is 19.3 Å². The molecule has 0 aromatic heterocycles. The summed E-state index contributed by atoms with van der Waals surface area (Å²) in [6, 6.07) is 0. The third-order valence-corrected chi connectivity index (χ3v) is 5.08. The summed E-state index contributed by atoms with van der Waals surface area (Å²) in [6.45, 7) is 5.90. The summed E-state index contributed by atoms with van der Waals surface area (Å²) in [7, 11) is 0. The molecule has 1 N–H and O–H groups in total. The van der Waals surface area contributed by atoms with Crippen LogP contribution < -0.4 is 0 Å². The normalized spacial score (nSPS) is 20.2. The molecule has 0 aromatic carbocycles. The Labute approximate surface area is 174 Å². The Bertz CT molecular complexity index is 325. The van der Waals surface area contributed by atoms with Crippen molar-refractivity contribution >= 4 is 0 Å². The van der Waals surface area contributed by atoms with E-state index in [9.17, 15) is 0 Å². The molecule has 0 aliphatic carbocycles. The number of epoxide rings is 2. The fourth-order valence-electron chi connectivity index (χ4n) is 3.02. The van der Waals surface area contributed by atoms with E-state index in [0.29, 0.717) is 18.8 Å². The first-order chi connectivity index (χ1) is 13.9. The van der Waals surface area contributed by atoms with Crippen LogP contribution in [0.15, 0.2) is 12.2 Å². The number of aliphatic hydroxyl groups is 1. The molecule has 0 aromatic rings. The van der Waals surface area contributed by atoms with E-state index in [1.165, 1.54) is 83.5 Å². The largest absolute Gasteiger partial charge is 0.396 e. The second kappa shape index (κ2) is 19.9. The Morgan fingerprint density at radius 2 is 1.14 bits per heavy atom. The smallest absolute Gasteiger partial charge is 0.104 e. The molecule has 2 rings (SSSR count). The zero-order valence-electron chi connectivity index (χ0n) is 18.4. The van der Waals surface area contributed by atoms with Crippen LogP contribution >= 0.6 is 0 Å². The van der Waals surface area contributed by atoms with Crippen molar-refractivity contribution in [1.82, 2.24) is 0 Å². The van der Waals surface area contributed by atoms with Crippen LogP contribution in [0.25, 0.3) is 0 Å². The minimum atomic E-state index is 0.362. The van der Waals surface area contributed by atoms with E-state index in [4.69, 9.17) is 19.3 Å². The highest BCUT2D eigenvalue weighted by Gasteiger charge is 2.26. The summed E-state index contributed by atoms with van der Waals surface area (Å²) >= 11 is 0. The van der Waals surface area contributed by atoms with Gasteiger partial charge in [0.2, 0.25) is 0 Å². The van der Waals surface area contributed by atoms with Gasteiger partial charge >= 0.3 is 0 Å². The Morgan fingerprint density at radius 3 is 1.57 bits per heavy atom. The molecular weight excluding hydrogens is 352 g/mol. The SMILES string of the molecule is C(OCC1CO1)C1CO1.CCCCCCCC/C=C\CCCCCCCCO. The molecule has 2 aliphatic heterocycles. The van der Waals surface area contributed by atoms with Crippen LogP contribution in [0.1, 0.15) is 96.8 Å². The molecule has 2 aliphatic rings. The van der Waals surface area contributed by atoms with Gasteiger partial charge in [0.15, 0.2) is 0 Å². The monoisotopic (exact) mass is 398 g/mol. The summed E-state index contributed by atoms with van der Waals surface area (Å²) in [5.74, 6) is 0. The second-order valence-electron chi connectivity index (χ2n) is 8.11. The molecule has 28 heavy (non-hydrogen) atoms. The molecule has 2 unspecified atom stereocenters. The van der Waals surface area contributed by atoms with Crippen molar-refractivity contribution in [3.05, 3.63) is 12.2 Å². The number of hydrogen-bond donors (Lipinski definition) is 1. The van der Waals surface area contributed by atoms with Gasteiger partial charge in [0.25, 0.3) is 0 Å². The summed E-state index contributed by atoms with van der Waals surface area (Å²) in [5, 5.41) is 8.66. The maximum absolute atomic E-state index is 8.66. The number of allylic oxidation sites excluding steroid dienone is 2. The molecule has 0 bridgehead atoms. The van der Waals surface area contributed by atoms with Crippen molar-refractivity contribution in [2.75, 3.05) is 33.0 Å². The lowest BCUT2D eigenvalue weighted by Gasteiger charge is -1.99. The molecule has 0 amide bonds. The highest BCUT2D eigenvalue weighted by atomic mass is 16.6.